The van der Waals surface area contributed by atoms with E-state index in [4.69, 9.17) is 0 Å². The van der Waals surface area contributed by atoms with E-state index >= 15 is 0 Å². The van der Waals surface area contributed by atoms with Crippen LogP contribution in [0.25, 0.3) is 0 Å². The molecule has 8 nitrogen and oxygen atoms in total. The van der Waals surface area contributed by atoms with Gasteiger partial charge in [-0.2, -0.15) is 5.06 Å². The molecule has 0 unspecified atom stereocenters. The number of amides is 4. The van der Waals surface area contributed by atoms with Crippen molar-refractivity contribution < 1.29 is 24.4 Å². The van der Waals surface area contributed by atoms with Gasteiger partial charge in [-0.25, -0.2) is 9.80 Å². The normalized spacial score (nSPS) is 22.0. The quantitative estimate of drug-likeness (QED) is 0.476. The van der Waals surface area contributed by atoms with E-state index in [1.54, 1.807) is 48.5 Å². The van der Waals surface area contributed by atoms with Crippen molar-refractivity contribution in [2.24, 2.45) is 0 Å². The lowest BCUT2D eigenvalue weighted by Gasteiger charge is -2.25. The minimum absolute atomic E-state index is 0.290. The van der Waals surface area contributed by atoms with Gasteiger partial charge in [0.25, 0.3) is 11.8 Å². The Bertz CT molecular complexity index is 958. The first-order valence-electron chi connectivity index (χ1n) is 9.00. The summed E-state index contributed by atoms with van der Waals surface area (Å²) in [5.41, 5.74) is 0.740. The monoisotopic (exact) mass is 535 g/mol. The van der Waals surface area contributed by atoms with Crippen molar-refractivity contribution in [2.75, 3.05) is 9.80 Å². The summed E-state index contributed by atoms with van der Waals surface area (Å²) in [7, 11) is 0. The van der Waals surface area contributed by atoms with Gasteiger partial charge in [0.2, 0.25) is 11.8 Å². The van der Waals surface area contributed by atoms with Gasteiger partial charge >= 0.3 is 0 Å². The number of hydrogen-bond donors (Lipinski definition) is 1. The molecule has 0 saturated carbocycles. The predicted molar refractivity (Wildman–Crippen MR) is 114 cm³/mol. The van der Waals surface area contributed by atoms with Gasteiger partial charge in [-0.1, -0.05) is 31.9 Å². The third kappa shape index (κ3) is 3.60. The molecule has 30 heavy (non-hydrogen) atoms. The van der Waals surface area contributed by atoms with E-state index < -0.39 is 35.7 Å². The highest BCUT2D eigenvalue weighted by Crippen LogP contribution is 2.31. The van der Waals surface area contributed by atoms with E-state index in [2.05, 4.69) is 31.9 Å². The van der Waals surface area contributed by atoms with E-state index in [0.29, 0.717) is 16.4 Å². The van der Waals surface area contributed by atoms with E-state index in [9.17, 15) is 24.4 Å². The van der Waals surface area contributed by atoms with Crippen LogP contribution in [0.4, 0.5) is 11.4 Å². The molecule has 2 atom stereocenters. The van der Waals surface area contributed by atoms with Gasteiger partial charge in [-0.3, -0.25) is 19.2 Å². The lowest BCUT2D eigenvalue weighted by molar-refractivity contribution is -0.172. The molecular weight excluding hydrogens is 522 g/mol. The second-order valence-corrected chi connectivity index (χ2v) is 8.74. The van der Waals surface area contributed by atoms with Crippen molar-refractivity contribution in [1.82, 2.24) is 5.06 Å². The molecule has 2 aromatic carbocycles. The van der Waals surface area contributed by atoms with Crippen LogP contribution in [0.1, 0.15) is 12.8 Å². The lowest BCUT2D eigenvalue weighted by atomic mass is 10.1. The average molecular weight is 537 g/mol. The zero-order valence-electron chi connectivity index (χ0n) is 15.4. The molecule has 2 aliphatic heterocycles. The maximum Gasteiger partial charge on any atom is 0.254 e. The number of benzene rings is 2. The standard InChI is InChI=1S/C20H15Br2N3O5/c21-11-1-5-13(6-2-11)23-17(26)9-15(19(23)28)25(30)16-10-18(27)24(20(16)29)14-7-3-12(22)4-8-14/h1-8,15-16,30H,9-10H2/t15-,16-/m0/s1. The molecule has 154 valence electrons. The SMILES string of the molecule is O=C1C[C@H](N(O)[C@H]2CC(=O)N(c3ccc(Br)cc3)C2=O)C(=O)N1c1ccc(Br)cc1. The highest BCUT2D eigenvalue weighted by molar-refractivity contribution is 9.10. The number of imide groups is 2. The Morgan fingerprint density at radius 2 is 1.03 bits per heavy atom. The zero-order chi connectivity index (χ0) is 21.6. The van der Waals surface area contributed by atoms with Crippen molar-refractivity contribution in [3.63, 3.8) is 0 Å². The Labute approximate surface area is 188 Å². The number of hydrogen-bond acceptors (Lipinski definition) is 6. The lowest BCUT2D eigenvalue weighted by Crippen LogP contribution is -2.49. The first kappa shape index (κ1) is 20.9. The first-order valence-corrected chi connectivity index (χ1v) is 10.6. The molecule has 2 saturated heterocycles. The summed E-state index contributed by atoms with van der Waals surface area (Å²) in [6.07, 6.45) is -0.580. The third-order valence-corrected chi connectivity index (χ3v) is 6.11. The van der Waals surface area contributed by atoms with Crippen molar-refractivity contribution in [2.45, 2.75) is 24.9 Å². The van der Waals surface area contributed by atoms with Crippen LogP contribution < -0.4 is 9.80 Å². The van der Waals surface area contributed by atoms with E-state index in [0.717, 1.165) is 18.7 Å². The fourth-order valence-electron chi connectivity index (χ4n) is 3.59. The Morgan fingerprint density at radius 3 is 1.37 bits per heavy atom. The van der Waals surface area contributed by atoms with Crippen LogP contribution in [0.3, 0.4) is 0 Å². The average Bonchev–Trinajstić information content (AvgIpc) is 3.18. The number of carbonyl (C=O) groups excluding carboxylic acids is 4. The van der Waals surface area contributed by atoms with Crippen LogP contribution in [-0.2, 0) is 19.2 Å². The fraction of sp³-hybridized carbons (Fsp3) is 0.200. The number of rotatable bonds is 4. The van der Waals surface area contributed by atoms with Gasteiger partial charge in [-0.15, -0.1) is 0 Å². The summed E-state index contributed by atoms with van der Waals surface area (Å²) >= 11 is 6.58. The molecule has 2 aliphatic rings. The summed E-state index contributed by atoms with van der Waals surface area (Å²) in [4.78, 5) is 52.6. The van der Waals surface area contributed by atoms with Gasteiger partial charge < -0.3 is 5.21 Å². The maximum absolute atomic E-state index is 12.9. The summed E-state index contributed by atoms with van der Waals surface area (Å²) in [6, 6.07) is 10.7. The largest absolute Gasteiger partial charge is 0.312 e. The second-order valence-electron chi connectivity index (χ2n) is 6.91. The van der Waals surface area contributed by atoms with Crippen molar-refractivity contribution in [1.29, 1.82) is 0 Å². The third-order valence-electron chi connectivity index (χ3n) is 5.05. The number of anilines is 2. The molecule has 2 heterocycles. The van der Waals surface area contributed by atoms with E-state index in [-0.39, 0.29) is 12.8 Å². The molecule has 0 bridgehead atoms. The molecule has 4 rings (SSSR count). The molecule has 2 fully saturated rings. The Hall–Kier alpha value is -2.40. The highest BCUT2D eigenvalue weighted by atomic mass is 79.9. The highest BCUT2D eigenvalue weighted by Gasteiger charge is 2.50. The molecule has 2 aromatic rings. The topological polar surface area (TPSA) is 98.2 Å². The number of nitrogens with zero attached hydrogens (tertiary/aromatic N) is 3. The van der Waals surface area contributed by atoms with Crippen LogP contribution in [-0.4, -0.2) is 46.0 Å². The summed E-state index contributed by atoms with van der Waals surface area (Å²) < 4.78 is 1.57. The minimum Gasteiger partial charge on any atom is -0.312 e. The smallest absolute Gasteiger partial charge is 0.254 e. The van der Waals surface area contributed by atoms with E-state index in [1.165, 1.54) is 0 Å². The maximum atomic E-state index is 12.9. The zero-order valence-corrected chi connectivity index (χ0v) is 18.5. The minimum atomic E-state index is -1.24. The molecule has 0 aliphatic carbocycles. The summed E-state index contributed by atoms with van der Waals surface area (Å²) in [5.74, 6) is -2.28. The summed E-state index contributed by atoms with van der Waals surface area (Å²) in [6.45, 7) is 0. The molecule has 0 aromatic heterocycles. The second kappa shape index (κ2) is 8.03. The van der Waals surface area contributed by atoms with Crippen LogP contribution in [0.5, 0.6) is 0 Å². The van der Waals surface area contributed by atoms with Crippen LogP contribution >= 0.6 is 31.9 Å². The van der Waals surface area contributed by atoms with Crippen LogP contribution in [0.2, 0.25) is 0 Å². The van der Waals surface area contributed by atoms with E-state index in [1.807, 2.05) is 0 Å². The Morgan fingerprint density at radius 1 is 0.700 bits per heavy atom. The number of halogens is 2. The first-order chi connectivity index (χ1) is 14.3. The molecule has 0 radical (unpaired) electrons. The van der Waals surface area contributed by atoms with Gasteiger partial charge in [0, 0.05) is 8.95 Å². The molecule has 10 heteroatoms. The van der Waals surface area contributed by atoms with Crippen LogP contribution in [0, 0.1) is 0 Å². The number of hydroxylamine groups is 2. The van der Waals surface area contributed by atoms with Gasteiger partial charge in [-0.05, 0) is 48.5 Å². The fourth-order valence-corrected chi connectivity index (χ4v) is 4.11. The predicted octanol–water partition coefficient (Wildman–Crippen LogP) is 2.87. The summed E-state index contributed by atoms with van der Waals surface area (Å²) in [5, 5.41) is 11.2. The van der Waals surface area contributed by atoms with Crippen molar-refractivity contribution >= 4 is 66.9 Å². The Balaban J connectivity index is 1.55. The Kier molecular flexibility index (Phi) is 5.58. The number of carbonyl (C=O) groups is 4. The van der Waals surface area contributed by atoms with Crippen LogP contribution in [0.15, 0.2) is 57.5 Å². The molecule has 0 spiro atoms. The van der Waals surface area contributed by atoms with Gasteiger partial charge in [0.05, 0.1) is 24.2 Å². The molecule has 1 N–H and O–H groups in total. The van der Waals surface area contributed by atoms with Crippen molar-refractivity contribution in [3.8, 4) is 0 Å². The van der Waals surface area contributed by atoms with Gasteiger partial charge in [0.15, 0.2) is 0 Å². The molecule has 4 amide bonds. The molecular formula is C20H15Br2N3O5. The van der Waals surface area contributed by atoms with Gasteiger partial charge in [0.1, 0.15) is 12.1 Å². The van der Waals surface area contributed by atoms with Crippen molar-refractivity contribution in [3.05, 3.63) is 57.5 Å².